The first-order valence-electron chi connectivity index (χ1n) is 13.0. The number of nitrogens with one attached hydrogen (secondary N) is 1. The van der Waals surface area contributed by atoms with Gasteiger partial charge in [-0.2, -0.15) is 18.3 Å². The van der Waals surface area contributed by atoms with Crippen molar-refractivity contribution in [2.75, 3.05) is 6.54 Å². The lowest BCUT2D eigenvalue weighted by Crippen LogP contribution is -2.18. The molecule has 0 saturated heterocycles. The molecule has 0 aliphatic rings. The molecule has 2 unspecified atom stereocenters. The number of nitrogens with zero attached hydrogens (tertiary/aromatic N) is 2. The van der Waals surface area contributed by atoms with Crippen LogP contribution in [0, 0.1) is 0 Å². The van der Waals surface area contributed by atoms with Gasteiger partial charge in [-0.05, 0) is 53.3 Å². The van der Waals surface area contributed by atoms with Gasteiger partial charge in [0.1, 0.15) is 5.52 Å². The highest BCUT2D eigenvalue weighted by Crippen LogP contribution is 2.46. The van der Waals surface area contributed by atoms with Gasteiger partial charge in [-0.15, -0.1) is 0 Å². The molecule has 0 aliphatic carbocycles. The van der Waals surface area contributed by atoms with Crippen molar-refractivity contribution in [3.8, 4) is 0 Å². The average molecular weight is 592 g/mol. The molecule has 3 aromatic carbocycles. The Labute approximate surface area is 240 Å². The van der Waals surface area contributed by atoms with Crippen molar-refractivity contribution < 1.29 is 23.1 Å². The summed E-state index contributed by atoms with van der Waals surface area (Å²) in [4.78, 5) is 10.8. The quantitative estimate of drug-likeness (QED) is 0.173. The maximum atomic E-state index is 13.8. The molecule has 0 spiro atoms. The van der Waals surface area contributed by atoms with Gasteiger partial charge >= 0.3 is 12.1 Å². The minimum Gasteiger partial charge on any atom is -0.481 e. The van der Waals surface area contributed by atoms with Crippen molar-refractivity contribution in [1.82, 2.24) is 15.1 Å². The second-order valence-corrected chi connectivity index (χ2v) is 10.7. The summed E-state index contributed by atoms with van der Waals surface area (Å²) in [6.45, 7) is 2.97. The minimum atomic E-state index is -4.56. The molecule has 0 aliphatic heterocycles. The molecule has 1 heterocycles. The summed E-state index contributed by atoms with van der Waals surface area (Å²) in [6, 6.07) is 17.5. The molecule has 10 heteroatoms. The predicted octanol–water partition coefficient (Wildman–Crippen LogP) is 8.18. The Morgan fingerprint density at radius 3 is 2.30 bits per heavy atom. The lowest BCUT2D eigenvalue weighted by Gasteiger charge is -2.29. The van der Waals surface area contributed by atoms with Crippen LogP contribution in [0.25, 0.3) is 10.9 Å². The van der Waals surface area contributed by atoms with E-state index in [4.69, 9.17) is 28.3 Å². The molecule has 1 aromatic heterocycles. The van der Waals surface area contributed by atoms with Crippen LogP contribution in [0.15, 0.2) is 60.7 Å². The van der Waals surface area contributed by atoms with E-state index in [1.54, 1.807) is 23.9 Å². The van der Waals surface area contributed by atoms with Crippen molar-refractivity contribution >= 4 is 40.1 Å². The van der Waals surface area contributed by atoms with Crippen LogP contribution in [0.4, 0.5) is 13.2 Å². The minimum absolute atomic E-state index is 0.0398. The number of aromatic nitrogens is 2. The lowest BCUT2D eigenvalue weighted by atomic mass is 9.76. The van der Waals surface area contributed by atoms with Crippen molar-refractivity contribution in [2.24, 2.45) is 7.05 Å². The van der Waals surface area contributed by atoms with Crippen molar-refractivity contribution in [3.63, 3.8) is 0 Å². The standard InChI is InChI=1S/C30H30Cl2F3N3O2/c1-3-4-23(19-7-5-18(6-8-19)17-36-14-13-26(39)40)27(20-9-11-22(31)12-10-20)29-24-15-21(30(33,34)35)16-25(32)28(24)37-38(29)2/h5-12,15-16,23,27,36H,3-4,13-14,17H2,1-2H3,(H,39,40). The van der Waals surface area contributed by atoms with Crippen LogP contribution in [-0.2, 0) is 24.6 Å². The van der Waals surface area contributed by atoms with E-state index in [0.717, 1.165) is 41.7 Å². The number of hydrogen-bond acceptors (Lipinski definition) is 3. The topological polar surface area (TPSA) is 67.2 Å². The van der Waals surface area contributed by atoms with Crippen LogP contribution in [-0.4, -0.2) is 27.4 Å². The molecule has 0 saturated carbocycles. The smallest absolute Gasteiger partial charge is 0.416 e. The van der Waals surface area contributed by atoms with Gasteiger partial charge in [0.2, 0.25) is 0 Å². The van der Waals surface area contributed by atoms with Crippen molar-refractivity contribution in [2.45, 2.75) is 50.7 Å². The fourth-order valence-electron chi connectivity index (χ4n) is 5.20. The predicted molar refractivity (Wildman–Crippen MR) is 152 cm³/mol. The van der Waals surface area contributed by atoms with Gasteiger partial charge in [-0.3, -0.25) is 9.48 Å². The van der Waals surface area contributed by atoms with Gasteiger partial charge < -0.3 is 10.4 Å². The number of carboxylic acid groups (broad SMARTS) is 1. The molecule has 5 nitrogen and oxygen atoms in total. The number of alkyl halides is 3. The first-order chi connectivity index (χ1) is 19.0. The number of aliphatic carboxylic acids is 1. The van der Waals surface area contributed by atoms with Gasteiger partial charge in [0.15, 0.2) is 0 Å². The van der Waals surface area contributed by atoms with E-state index in [1.807, 2.05) is 36.4 Å². The summed E-state index contributed by atoms with van der Waals surface area (Å²) in [6.07, 6.45) is -2.91. The highest BCUT2D eigenvalue weighted by Gasteiger charge is 2.35. The highest BCUT2D eigenvalue weighted by atomic mass is 35.5. The fourth-order valence-corrected chi connectivity index (χ4v) is 5.59. The largest absolute Gasteiger partial charge is 0.481 e. The summed E-state index contributed by atoms with van der Waals surface area (Å²) in [5.41, 5.74) is 3.08. The lowest BCUT2D eigenvalue weighted by molar-refractivity contribution is -0.138. The number of carboxylic acids is 1. The zero-order chi connectivity index (χ0) is 29.0. The Morgan fingerprint density at radius 1 is 1.05 bits per heavy atom. The Morgan fingerprint density at radius 2 is 1.70 bits per heavy atom. The zero-order valence-corrected chi connectivity index (χ0v) is 23.6. The number of carbonyl (C=O) groups is 1. The zero-order valence-electron chi connectivity index (χ0n) is 22.1. The Bertz CT molecular complexity index is 1470. The number of rotatable bonds is 11. The second-order valence-electron chi connectivity index (χ2n) is 9.85. The summed E-state index contributed by atoms with van der Waals surface area (Å²) in [5.74, 6) is -1.29. The third-order valence-corrected chi connectivity index (χ3v) is 7.58. The Balaban J connectivity index is 1.83. The van der Waals surface area contributed by atoms with Crippen LogP contribution in [0.2, 0.25) is 10.0 Å². The van der Waals surface area contributed by atoms with Crippen LogP contribution < -0.4 is 5.32 Å². The molecule has 0 amide bonds. The molecule has 0 radical (unpaired) electrons. The van der Waals surface area contributed by atoms with E-state index in [0.29, 0.717) is 34.7 Å². The van der Waals surface area contributed by atoms with Gasteiger partial charge in [0.05, 0.1) is 22.7 Å². The highest BCUT2D eigenvalue weighted by molar-refractivity contribution is 6.35. The van der Waals surface area contributed by atoms with E-state index in [9.17, 15) is 18.0 Å². The normalized spacial score (nSPS) is 13.5. The third kappa shape index (κ3) is 6.79. The molecule has 212 valence electrons. The molecule has 4 aromatic rings. The third-order valence-electron chi connectivity index (χ3n) is 7.04. The number of fused-ring (bicyclic) bond motifs is 1. The number of aryl methyl sites for hydroxylation is 1. The van der Waals surface area contributed by atoms with Crippen LogP contribution >= 0.6 is 23.2 Å². The Kier molecular flexibility index (Phi) is 9.44. The molecule has 40 heavy (non-hydrogen) atoms. The molecule has 0 fully saturated rings. The molecular formula is C30H30Cl2F3N3O2. The van der Waals surface area contributed by atoms with E-state index in [2.05, 4.69) is 17.3 Å². The van der Waals surface area contributed by atoms with E-state index < -0.39 is 17.7 Å². The number of hydrogen-bond donors (Lipinski definition) is 2. The van der Waals surface area contributed by atoms with Crippen LogP contribution in [0.1, 0.15) is 66.0 Å². The SMILES string of the molecule is CCCC(c1ccc(CNCCC(=O)O)cc1)C(c1ccc(Cl)cc1)c1c2cc(C(F)(F)F)cc(Cl)c2nn1C. The molecule has 0 bridgehead atoms. The maximum Gasteiger partial charge on any atom is 0.416 e. The summed E-state index contributed by atoms with van der Waals surface area (Å²) < 4.78 is 43.0. The summed E-state index contributed by atoms with van der Waals surface area (Å²) in [7, 11) is 1.73. The van der Waals surface area contributed by atoms with Gasteiger partial charge in [-0.1, -0.05) is 72.9 Å². The second kappa shape index (κ2) is 12.6. The van der Waals surface area contributed by atoms with Crippen LogP contribution in [0.3, 0.4) is 0 Å². The Hall–Kier alpha value is -3.07. The average Bonchev–Trinajstić information content (AvgIpc) is 3.23. The first kappa shape index (κ1) is 29.9. The van der Waals surface area contributed by atoms with E-state index >= 15 is 0 Å². The van der Waals surface area contributed by atoms with Gasteiger partial charge in [0, 0.05) is 36.5 Å². The van der Waals surface area contributed by atoms with Gasteiger partial charge in [0.25, 0.3) is 0 Å². The van der Waals surface area contributed by atoms with E-state index in [1.165, 1.54) is 0 Å². The first-order valence-corrected chi connectivity index (χ1v) is 13.7. The fraction of sp³-hybridized carbons (Fsp3) is 0.333. The van der Waals surface area contributed by atoms with Gasteiger partial charge in [-0.25, -0.2) is 0 Å². The maximum absolute atomic E-state index is 13.8. The number of benzene rings is 3. The summed E-state index contributed by atoms with van der Waals surface area (Å²) >= 11 is 12.5. The molecule has 2 N–H and O–H groups in total. The molecule has 2 atom stereocenters. The number of halogens is 5. The monoisotopic (exact) mass is 591 g/mol. The van der Waals surface area contributed by atoms with Crippen molar-refractivity contribution in [3.05, 3.63) is 98.7 Å². The summed E-state index contributed by atoms with van der Waals surface area (Å²) in [5, 5.41) is 17.4. The molecular weight excluding hydrogens is 562 g/mol. The van der Waals surface area contributed by atoms with E-state index in [-0.39, 0.29) is 23.3 Å². The van der Waals surface area contributed by atoms with Crippen LogP contribution in [0.5, 0.6) is 0 Å². The van der Waals surface area contributed by atoms with Crippen molar-refractivity contribution in [1.29, 1.82) is 0 Å². The molecule has 4 rings (SSSR count).